The highest BCUT2D eigenvalue weighted by molar-refractivity contribution is 4.88. The summed E-state index contributed by atoms with van der Waals surface area (Å²) in [5.74, 6) is 1.02. The summed E-state index contributed by atoms with van der Waals surface area (Å²) in [7, 11) is 0. The van der Waals surface area contributed by atoms with Gasteiger partial charge in [-0.2, -0.15) is 0 Å². The Bertz CT molecular complexity index is 234. The number of hydrogen-bond acceptors (Lipinski definition) is 3. The Labute approximate surface area is 98.4 Å². The highest BCUT2D eigenvalue weighted by atomic mass is 16.3. The third-order valence-corrected chi connectivity index (χ3v) is 4.53. The Kier molecular flexibility index (Phi) is 3.18. The highest BCUT2D eigenvalue weighted by Crippen LogP contribution is 2.30. The van der Waals surface area contributed by atoms with Gasteiger partial charge in [0.15, 0.2) is 0 Å². The van der Waals surface area contributed by atoms with Crippen molar-refractivity contribution in [3.8, 4) is 0 Å². The quantitative estimate of drug-likeness (QED) is 0.772. The molecular weight excluding hydrogens is 200 g/mol. The van der Waals surface area contributed by atoms with Gasteiger partial charge in [-0.05, 0) is 38.0 Å². The normalized spacial score (nSPS) is 38.1. The second-order valence-corrected chi connectivity index (χ2v) is 5.85. The van der Waals surface area contributed by atoms with Crippen molar-refractivity contribution in [1.29, 1.82) is 0 Å². The first-order valence-electron chi connectivity index (χ1n) is 6.97. The third kappa shape index (κ3) is 2.41. The molecule has 2 saturated carbocycles. The Morgan fingerprint density at radius 3 is 2.25 bits per heavy atom. The number of aliphatic hydroxyl groups excluding tert-OH is 1. The van der Waals surface area contributed by atoms with Gasteiger partial charge >= 0.3 is 0 Å². The minimum absolute atomic E-state index is 0.0463. The predicted octanol–water partition coefficient (Wildman–Crippen LogP) is 0.927. The van der Waals surface area contributed by atoms with Crippen molar-refractivity contribution in [3.05, 3.63) is 0 Å². The Balaban J connectivity index is 1.46. The molecule has 1 N–H and O–H groups in total. The number of rotatable bonds is 3. The molecule has 0 amide bonds. The summed E-state index contributed by atoms with van der Waals surface area (Å²) in [5, 5.41) is 9.91. The molecule has 3 fully saturated rings. The molecule has 16 heavy (non-hydrogen) atoms. The Morgan fingerprint density at radius 1 is 0.938 bits per heavy atom. The zero-order valence-electron chi connectivity index (χ0n) is 10.1. The van der Waals surface area contributed by atoms with Gasteiger partial charge in [0.1, 0.15) is 0 Å². The van der Waals surface area contributed by atoms with E-state index in [1.165, 1.54) is 58.4 Å². The molecule has 0 spiro atoms. The van der Waals surface area contributed by atoms with Crippen LogP contribution in [-0.4, -0.2) is 59.8 Å². The molecule has 1 heterocycles. The summed E-state index contributed by atoms with van der Waals surface area (Å²) < 4.78 is 0. The van der Waals surface area contributed by atoms with Crippen LogP contribution in [0.3, 0.4) is 0 Å². The summed E-state index contributed by atoms with van der Waals surface area (Å²) in [5.41, 5.74) is 0. The van der Waals surface area contributed by atoms with Crippen molar-refractivity contribution in [2.24, 2.45) is 5.92 Å². The van der Waals surface area contributed by atoms with Crippen molar-refractivity contribution < 1.29 is 5.11 Å². The van der Waals surface area contributed by atoms with E-state index in [1.807, 2.05) is 0 Å². The van der Waals surface area contributed by atoms with E-state index in [-0.39, 0.29) is 6.10 Å². The number of nitrogens with zero attached hydrogens (tertiary/aromatic N) is 2. The molecule has 0 radical (unpaired) electrons. The number of hydrogen-bond donors (Lipinski definition) is 1. The lowest BCUT2D eigenvalue weighted by Gasteiger charge is -2.39. The molecule has 3 rings (SSSR count). The lowest BCUT2D eigenvalue weighted by Crippen LogP contribution is -2.52. The molecule has 0 aromatic carbocycles. The van der Waals surface area contributed by atoms with Crippen LogP contribution in [0.15, 0.2) is 0 Å². The maximum Gasteiger partial charge on any atom is 0.0695 e. The summed E-state index contributed by atoms with van der Waals surface area (Å²) in [4.78, 5) is 5.15. The summed E-state index contributed by atoms with van der Waals surface area (Å²) >= 11 is 0. The maximum atomic E-state index is 9.91. The van der Waals surface area contributed by atoms with Crippen molar-refractivity contribution in [2.75, 3.05) is 32.7 Å². The van der Waals surface area contributed by atoms with E-state index < -0.39 is 0 Å². The van der Waals surface area contributed by atoms with Gasteiger partial charge in [0.2, 0.25) is 0 Å². The fourth-order valence-electron chi connectivity index (χ4n) is 3.29. The summed E-state index contributed by atoms with van der Waals surface area (Å²) in [6.45, 7) is 6.13. The molecule has 0 bridgehead atoms. The number of aliphatic hydroxyl groups is 1. The van der Waals surface area contributed by atoms with Gasteiger partial charge in [-0.1, -0.05) is 0 Å². The van der Waals surface area contributed by atoms with Crippen LogP contribution in [0.1, 0.15) is 32.1 Å². The van der Waals surface area contributed by atoms with Crippen LogP contribution in [0.5, 0.6) is 0 Å². The molecule has 2 aliphatic carbocycles. The average Bonchev–Trinajstić information content (AvgIpc) is 3.00. The van der Waals surface area contributed by atoms with Crippen LogP contribution >= 0.6 is 0 Å². The van der Waals surface area contributed by atoms with Gasteiger partial charge in [-0.3, -0.25) is 4.90 Å². The molecule has 1 saturated heterocycles. The van der Waals surface area contributed by atoms with E-state index >= 15 is 0 Å². The lowest BCUT2D eigenvalue weighted by molar-refractivity contribution is 0.0344. The van der Waals surface area contributed by atoms with Crippen LogP contribution in [0.4, 0.5) is 0 Å². The van der Waals surface area contributed by atoms with E-state index in [2.05, 4.69) is 9.80 Å². The van der Waals surface area contributed by atoms with Gasteiger partial charge in [0.05, 0.1) is 6.10 Å². The summed E-state index contributed by atoms with van der Waals surface area (Å²) in [6.07, 6.45) is 6.32. The summed E-state index contributed by atoms with van der Waals surface area (Å²) in [6, 6.07) is 0.475. The zero-order chi connectivity index (χ0) is 11.0. The van der Waals surface area contributed by atoms with Crippen LogP contribution < -0.4 is 0 Å². The van der Waals surface area contributed by atoms with Gasteiger partial charge in [0.25, 0.3) is 0 Å². The van der Waals surface area contributed by atoms with Crippen molar-refractivity contribution in [2.45, 2.75) is 44.2 Å². The van der Waals surface area contributed by atoms with Crippen molar-refractivity contribution in [1.82, 2.24) is 9.80 Å². The molecule has 3 aliphatic rings. The van der Waals surface area contributed by atoms with Gasteiger partial charge in [0, 0.05) is 38.8 Å². The molecule has 3 heteroatoms. The molecule has 0 aromatic heterocycles. The monoisotopic (exact) mass is 224 g/mol. The first kappa shape index (κ1) is 11.0. The largest absolute Gasteiger partial charge is 0.391 e. The van der Waals surface area contributed by atoms with E-state index in [0.29, 0.717) is 6.04 Å². The minimum atomic E-state index is -0.0463. The minimum Gasteiger partial charge on any atom is -0.391 e. The van der Waals surface area contributed by atoms with Crippen LogP contribution in [0.25, 0.3) is 0 Å². The molecule has 0 aromatic rings. The number of piperazine rings is 1. The predicted molar refractivity (Wildman–Crippen MR) is 64.4 cm³/mol. The molecule has 1 aliphatic heterocycles. The van der Waals surface area contributed by atoms with Gasteiger partial charge in [-0.25, -0.2) is 0 Å². The smallest absolute Gasteiger partial charge is 0.0695 e. The first-order valence-corrected chi connectivity index (χ1v) is 6.97. The maximum absolute atomic E-state index is 9.91. The van der Waals surface area contributed by atoms with Crippen molar-refractivity contribution >= 4 is 0 Å². The second kappa shape index (κ2) is 4.63. The molecule has 0 unspecified atom stereocenters. The average molecular weight is 224 g/mol. The SMILES string of the molecule is O[C@H]1CCC[C@@H]1N1CCN(CC2CC2)CC1. The molecular formula is C13H24N2O. The third-order valence-electron chi connectivity index (χ3n) is 4.53. The first-order chi connectivity index (χ1) is 7.83. The standard InChI is InChI=1S/C13H24N2O/c16-13-3-1-2-12(13)15-8-6-14(7-9-15)10-11-4-5-11/h11-13,16H,1-10H2/t12-,13-/m0/s1. The van der Waals surface area contributed by atoms with Crippen molar-refractivity contribution in [3.63, 3.8) is 0 Å². The van der Waals surface area contributed by atoms with E-state index in [9.17, 15) is 5.11 Å². The highest BCUT2D eigenvalue weighted by Gasteiger charge is 2.33. The van der Waals surface area contributed by atoms with E-state index in [1.54, 1.807) is 0 Å². The van der Waals surface area contributed by atoms with Crippen LogP contribution in [0.2, 0.25) is 0 Å². The second-order valence-electron chi connectivity index (χ2n) is 5.85. The fourth-order valence-corrected chi connectivity index (χ4v) is 3.29. The molecule has 3 nitrogen and oxygen atoms in total. The van der Waals surface area contributed by atoms with Crippen LogP contribution in [0, 0.1) is 5.92 Å². The lowest BCUT2D eigenvalue weighted by atomic mass is 10.1. The fraction of sp³-hybridized carbons (Fsp3) is 1.00. The Morgan fingerprint density at radius 2 is 1.69 bits per heavy atom. The molecule has 92 valence electrons. The zero-order valence-corrected chi connectivity index (χ0v) is 10.1. The van der Waals surface area contributed by atoms with Crippen LogP contribution in [-0.2, 0) is 0 Å². The Hall–Kier alpha value is -0.120. The van der Waals surface area contributed by atoms with E-state index in [0.717, 1.165) is 12.3 Å². The van der Waals surface area contributed by atoms with E-state index in [4.69, 9.17) is 0 Å². The molecule has 2 atom stereocenters. The topological polar surface area (TPSA) is 26.7 Å². The van der Waals surface area contributed by atoms with Gasteiger partial charge in [-0.15, -0.1) is 0 Å². The van der Waals surface area contributed by atoms with Gasteiger partial charge < -0.3 is 10.0 Å².